The molecule has 8 nitrogen and oxygen atoms in total. The van der Waals surface area contributed by atoms with Gasteiger partial charge in [0.05, 0.1) is 4.92 Å². The largest absolute Gasteiger partial charge is 0.296 e. The van der Waals surface area contributed by atoms with Crippen molar-refractivity contribution in [3.63, 3.8) is 0 Å². The van der Waals surface area contributed by atoms with Crippen molar-refractivity contribution >= 4 is 66.0 Å². The van der Waals surface area contributed by atoms with Crippen molar-refractivity contribution in [2.24, 2.45) is 9.98 Å². The van der Waals surface area contributed by atoms with Crippen LogP contribution in [0.2, 0.25) is 5.02 Å². The van der Waals surface area contributed by atoms with Crippen LogP contribution in [0.3, 0.4) is 0 Å². The summed E-state index contributed by atoms with van der Waals surface area (Å²) < 4.78 is 2.52. The smallest absolute Gasteiger partial charge is 0.258 e. The molecule has 0 aliphatic carbocycles. The highest BCUT2D eigenvalue weighted by Crippen LogP contribution is 2.30. The molecule has 31 heavy (non-hydrogen) atoms. The standard InChI is InChI=1S/C20H14BrClN6O2S/c1-11-9-18(25-16-8-7-15(22)10-17(16)28(29)30)27-20(23-11)31-19(26-27)24-12(2)13-3-5-14(21)6-4-13/h3-10H,1-2H3/b24-12+,25-18?. The summed E-state index contributed by atoms with van der Waals surface area (Å²) in [4.78, 5) is 25.0. The number of nitro groups is 1. The summed E-state index contributed by atoms with van der Waals surface area (Å²) in [7, 11) is 0. The average Bonchev–Trinajstić information content (AvgIpc) is 3.11. The minimum Gasteiger partial charge on any atom is -0.258 e. The fraction of sp³-hybridized carbons (Fsp3) is 0.100. The Hall–Kier alpha value is -2.95. The van der Waals surface area contributed by atoms with Crippen LogP contribution in [-0.4, -0.2) is 25.2 Å². The molecule has 0 unspecified atom stereocenters. The molecular formula is C20H14BrClN6O2S. The van der Waals surface area contributed by atoms with Crippen LogP contribution in [0.25, 0.3) is 4.96 Å². The van der Waals surface area contributed by atoms with Crippen molar-refractivity contribution in [1.29, 1.82) is 0 Å². The van der Waals surface area contributed by atoms with Crippen LogP contribution in [0.15, 0.2) is 63.0 Å². The van der Waals surface area contributed by atoms with E-state index in [4.69, 9.17) is 11.6 Å². The van der Waals surface area contributed by atoms with Crippen molar-refractivity contribution in [2.45, 2.75) is 13.8 Å². The Morgan fingerprint density at radius 1 is 1.23 bits per heavy atom. The predicted octanol–water partition coefficient (Wildman–Crippen LogP) is 5.80. The Balaban J connectivity index is 1.85. The fourth-order valence-electron chi connectivity index (χ4n) is 2.81. The summed E-state index contributed by atoms with van der Waals surface area (Å²) >= 11 is 10.6. The van der Waals surface area contributed by atoms with Gasteiger partial charge in [-0.05, 0) is 43.7 Å². The SMILES string of the molecule is C/C(=N\c1nn2c(=Nc3ccc(Cl)cc3[N+](=O)[O-])cc(C)nc2s1)c1ccc(Br)cc1. The van der Waals surface area contributed by atoms with Gasteiger partial charge in [0, 0.05) is 33.0 Å². The van der Waals surface area contributed by atoms with Gasteiger partial charge in [-0.1, -0.05) is 51.0 Å². The molecule has 0 radical (unpaired) electrons. The second-order valence-corrected chi connectivity index (χ2v) is 8.83. The van der Waals surface area contributed by atoms with E-state index in [9.17, 15) is 10.1 Å². The Bertz CT molecular complexity index is 1410. The van der Waals surface area contributed by atoms with Gasteiger partial charge in [-0.3, -0.25) is 10.1 Å². The van der Waals surface area contributed by atoms with E-state index in [1.54, 1.807) is 12.1 Å². The summed E-state index contributed by atoms with van der Waals surface area (Å²) in [5, 5.41) is 16.7. The molecule has 0 aliphatic heterocycles. The second-order valence-electron chi connectivity index (χ2n) is 6.54. The fourth-order valence-corrected chi connectivity index (χ4v) is 4.12. The summed E-state index contributed by atoms with van der Waals surface area (Å²) in [6.45, 7) is 3.73. The number of benzene rings is 2. The predicted molar refractivity (Wildman–Crippen MR) is 125 cm³/mol. The molecule has 2 aromatic heterocycles. The number of fused-ring (bicyclic) bond motifs is 1. The van der Waals surface area contributed by atoms with Crippen LogP contribution < -0.4 is 5.49 Å². The van der Waals surface area contributed by atoms with Crippen LogP contribution in [0, 0.1) is 17.0 Å². The van der Waals surface area contributed by atoms with Gasteiger partial charge in [-0.25, -0.2) is 15.0 Å². The molecule has 4 aromatic rings. The molecule has 4 rings (SSSR count). The van der Waals surface area contributed by atoms with Gasteiger partial charge in [0.15, 0.2) is 5.49 Å². The maximum atomic E-state index is 11.4. The minimum atomic E-state index is -0.515. The lowest BCUT2D eigenvalue weighted by Gasteiger charge is -2.00. The highest BCUT2D eigenvalue weighted by atomic mass is 79.9. The summed E-state index contributed by atoms with van der Waals surface area (Å²) in [6, 6.07) is 13.9. The quantitative estimate of drug-likeness (QED) is 0.194. The van der Waals surface area contributed by atoms with Crippen LogP contribution in [0.4, 0.5) is 16.5 Å². The van der Waals surface area contributed by atoms with E-state index < -0.39 is 4.92 Å². The molecule has 11 heteroatoms. The molecule has 156 valence electrons. The lowest BCUT2D eigenvalue weighted by molar-refractivity contribution is -0.384. The van der Waals surface area contributed by atoms with Crippen molar-refractivity contribution in [3.8, 4) is 0 Å². The van der Waals surface area contributed by atoms with Gasteiger partial charge >= 0.3 is 0 Å². The third kappa shape index (κ3) is 4.71. The first-order valence-corrected chi connectivity index (χ1v) is 11.0. The molecule has 0 fully saturated rings. The Morgan fingerprint density at radius 2 is 1.97 bits per heavy atom. The van der Waals surface area contributed by atoms with Crippen molar-refractivity contribution in [2.75, 3.05) is 0 Å². The number of hydrogen-bond donors (Lipinski definition) is 0. The van der Waals surface area contributed by atoms with Gasteiger partial charge in [0.25, 0.3) is 5.69 Å². The number of aryl methyl sites for hydroxylation is 1. The number of rotatable bonds is 4. The molecule has 0 N–H and O–H groups in total. The number of nitrogens with zero attached hydrogens (tertiary/aromatic N) is 6. The monoisotopic (exact) mass is 516 g/mol. The lowest BCUT2D eigenvalue weighted by atomic mass is 10.1. The third-order valence-electron chi connectivity index (χ3n) is 4.27. The number of aliphatic imine (C=N–C) groups is 1. The zero-order valence-electron chi connectivity index (χ0n) is 16.3. The lowest BCUT2D eigenvalue weighted by Crippen LogP contribution is -2.16. The number of nitro benzene ring substituents is 1. The van der Waals surface area contributed by atoms with Gasteiger partial charge in [0.1, 0.15) is 5.69 Å². The highest BCUT2D eigenvalue weighted by Gasteiger charge is 2.15. The van der Waals surface area contributed by atoms with E-state index in [0.717, 1.165) is 15.7 Å². The third-order valence-corrected chi connectivity index (χ3v) is 5.84. The van der Waals surface area contributed by atoms with Crippen molar-refractivity contribution < 1.29 is 4.92 Å². The Labute approximate surface area is 193 Å². The first kappa shape index (κ1) is 21.3. The molecule has 0 saturated heterocycles. The maximum absolute atomic E-state index is 11.4. The van der Waals surface area contributed by atoms with Gasteiger partial charge in [-0.2, -0.15) is 4.52 Å². The highest BCUT2D eigenvalue weighted by molar-refractivity contribution is 9.10. The summed E-state index contributed by atoms with van der Waals surface area (Å²) in [5.41, 5.74) is 2.88. The molecule has 2 heterocycles. The van der Waals surface area contributed by atoms with Crippen LogP contribution in [-0.2, 0) is 0 Å². The maximum Gasteiger partial charge on any atom is 0.296 e. The van der Waals surface area contributed by atoms with Gasteiger partial charge < -0.3 is 0 Å². The molecule has 2 aromatic carbocycles. The first-order chi connectivity index (χ1) is 14.8. The van der Waals surface area contributed by atoms with Crippen LogP contribution >= 0.6 is 38.9 Å². The van der Waals surface area contributed by atoms with Crippen LogP contribution in [0.5, 0.6) is 0 Å². The van der Waals surface area contributed by atoms with Gasteiger partial charge in [0.2, 0.25) is 10.1 Å². The topological polar surface area (TPSA) is 98.0 Å². The van der Waals surface area contributed by atoms with Crippen molar-refractivity contribution in [1.82, 2.24) is 14.6 Å². The molecule has 0 spiro atoms. The summed E-state index contributed by atoms with van der Waals surface area (Å²) in [5.74, 6) is 0. The van der Waals surface area contributed by atoms with E-state index in [1.807, 2.05) is 38.1 Å². The first-order valence-electron chi connectivity index (χ1n) is 8.97. The van der Waals surface area contributed by atoms with E-state index in [2.05, 4.69) is 36.0 Å². The zero-order chi connectivity index (χ0) is 22.1. The minimum absolute atomic E-state index is 0.179. The van der Waals surface area contributed by atoms with Crippen LogP contribution in [0.1, 0.15) is 18.2 Å². The van der Waals surface area contributed by atoms with E-state index in [-0.39, 0.29) is 16.4 Å². The molecule has 0 bridgehead atoms. The molecule has 0 saturated carbocycles. The number of hydrogen-bond acceptors (Lipinski definition) is 7. The molecule has 0 atom stereocenters. The molecular weight excluding hydrogens is 504 g/mol. The van der Waals surface area contributed by atoms with Crippen molar-refractivity contribution in [3.05, 3.63) is 84.9 Å². The number of aromatic nitrogens is 3. The summed E-state index contributed by atoms with van der Waals surface area (Å²) in [6.07, 6.45) is 0. The van der Waals surface area contributed by atoms with E-state index in [0.29, 0.717) is 21.3 Å². The van der Waals surface area contributed by atoms with E-state index in [1.165, 1.54) is 28.0 Å². The molecule has 0 amide bonds. The molecule has 0 aliphatic rings. The second kappa shape index (κ2) is 8.66. The Kier molecular flexibility index (Phi) is 5.94. The van der Waals surface area contributed by atoms with Gasteiger partial charge in [-0.15, -0.1) is 5.10 Å². The number of halogens is 2. The van der Waals surface area contributed by atoms with E-state index >= 15 is 0 Å². The zero-order valence-corrected chi connectivity index (χ0v) is 19.4. The Morgan fingerprint density at radius 3 is 2.68 bits per heavy atom. The normalized spacial score (nSPS) is 12.5. The average molecular weight is 518 g/mol.